The second kappa shape index (κ2) is 6.31. The third kappa shape index (κ3) is 3.34. The Balaban J connectivity index is 2.41. The molecule has 0 aliphatic carbocycles. The molecule has 0 aliphatic heterocycles. The zero-order chi connectivity index (χ0) is 15.4. The maximum atomic E-state index is 11.7. The van der Waals surface area contributed by atoms with E-state index < -0.39 is 11.9 Å². The van der Waals surface area contributed by atoms with Gasteiger partial charge in [-0.1, -0.05) is 31.2 Å². The molecule has 0 amide bonds. The topological polar surface area (TPSA) is 77.8 Å². The lowest BCUT2D eigenvalue weighted by molar-refractivity contribution is -0.139. The number of hydrogen-bond acceptors (Lipinski definition) is 3. The minimum Gasteiger partial charge on any atom is -0.508 e. The van der Waals surface area contributed by atoms with Crippen molar-refractivity contribution in [3.05, 3.63) is 59.7 Å². The summed E-state index contributed by atoms with van der Waals surface area (Å²) < 4.78 is 0. The molecule has 0 saturated heterocycles. The van der Waals surface area contributed by atoms with Gasteiger partial charge >= 0.3 is 5.97 Å². The van der Waals surface area contributed by atoms with Crippen LogP contribution in [0, 0.1) is 0 Å². The van der Waals surface area contributed by atoms with Crippen molar-refractivity contribution in [1.82, 2.24) is 0 Å². The highest BCUT2D eigenvalue weighted by atomic mass is 16.4. The Morgan fingerprint density at radius 1 is 0.905 bits per heavy atom. The maximum Gasteiger partial charge on any atom is 0.311 e. The molecule has 0 bridgehead atoms. The molecular formula is C17H18O4. The summed E-state index contributed by atoms with van der Waals surface area (Å²) in [5, 5.41) is 28.3. The van der Waals surface area contributed by atoms with E-state index in [9.17, 15) is 20.1 Å². The fraction of sp³-hybridized carbons (Fsp3) is 0.235. The Morgan fingerprint density at radius 3 is 1.71 bits per heavy atom. The van der Waals surface area contributed by atoms with Crippen LogP contribution < -0.4 is 0 Å². The fourth-order valence-electron chi connectivity index (χ4n) is 2.61. The summed E-state index contributed by atoms with van der Waals surface area (Å²) in [6.45, 7) is 1.94. The van der Waals surface area contributed by atoms with Gasteiger partial charge in [-0.3, -0.25) is 4.79 Å². The van der Waals surface area contributed by atoms with Crippen LogP contribution in [0.2, 0.25) is 0 Å². The predicted molar refractivity (Wildman–Crippen MR) is 79.6 cm³/mol. The number of aliphatic carboxylic acids is 1. The summed E-state index contributed by atoms with van der Waals surface area (Å²) >= 11 is 0. The van der Waals surface area contributed by atoms with Gasteiger partial charge in [-0.15, -0.1) is 0 Å². The summed E-state index contributed by atoms with van der Waals surface area (Å²) in [7, 11) is 0. The van der Waals surface area contributed by atoms with E-state index in [-0.39, 0.29) is 17.4 Å². The van der Waals surface area contributed by atoms with E-state index in [4.69, 9.17) is 0 Å². The van der Waals surface area contributed by atoms with Crippen LogP contribution in [0.3, 0.4) is 0 Å². The van der Waals surface area contributed by atoms with Crippen LogP contribution in [0.25, 0.3) is 0 Å². The number of phenols is 2. The van der Waals surface area contributed by atoms with Crippen LogP contribution in [0.15, 0.2) is 48.5 Å². The van der Waals surface area contributed by atoms with E-state index in [0.717, 1.165) is 5.56 Å². The molecule has 0 aromatic heterocycles. The van der Waals surface area contributed by atoms with Gasteiger partial charge in [-0.25, -0.2) is 0 Å². The van der Waals surface area contributed by atoms with E-state index in [1.54, 1.807) is 36.4 Å². The van der Waals surface area contributed by atoms with Crippen molar-refractivity contribution in [2.45, 2.75) is 25.2 Å². The standard InChI is InChI=1S/C17H18O4/c1-2-15(11-3-7-13(18)8-4-11)16(17(20)21)12-5-9-14(19)10-6-12/h3-10,15-16,18-19H,2H2,1H3,(H,20,21)/t15-,16+/m1/s1. The zero-order valence-corrected chi connectivity index (χ0v) is 11.7. The number of carbonyl (C=O) groups is 1. The Morgan fingerprint density at radius 2 is 1.33 bits per heavy atom. The Labute approximate surface area is 123 Å². The summed E-state index contributed by atoms with van der Waals surface area (Å²) in [5.74, 6) is -1.53. The van der Waals surface area contributed by atoms with Crippen LogP contribution in [-0.2, 0) is 4.79 Å². The molecule has 0 spiro atoms. The molecule has 2 atom stereocenters. The van der Waals surface area contributed by atoms with Crippen LogP contribution in [-0.4, -0.2) is 21.3 Å². The van der Waals surface area contributed by atoms with Crippen molar-refractivity contribution < 1.29 is 20.1 Å². The van der Waals surface area contributed by atoms with Crippen molar-refractivity contribution in [2.75, 3.05) is 0 Å². The molecule has 0 aliphatic rings. The molecule has 2 aromatic rings. The zero-order valence-electron chi connectivity index (χ0n) is 11.7. The van der Waals surface area contributed by atoms with Gasteiger partial charge in [0.2, 0.25) is 0 Å². The van der Waals surface area contributed by atoms with Crippen LogP contribution in [0.1, 0.15) is 36.3 Å². The smallest absolute Gasteiger partial charge is 0.311 e. The molecule has 0 radical (unpaired) electrons. The Kier molecular flexibility index (Phi) is 4.48. The normalized spacial score (nSPS) is 13.6. The van der Waals surface area contributed by atoms with Crippen molar-refractivity contribution >= 4 is 5.97 Å². The summed E-state index contributed by atoms with van der Waals surface area (Å²) in [6, 6.07) is 12.9. The van der Waals surface area contributed by atoms with Gasteiger partial charge < -0.3 is 15.3 Å². The lowest BCUT2D eigenvalue weighted by atomic mass is 9.80. The molecule has 2 rings (SSSR count). The van der Waals surface area contributed by atoms with Gasteiger partial charge in [-0.05, 0) is 41.8 Å². The van der Waals surface area contributed by atoms with Crippen molar-refractivity contribution in [1.29, 1.82) is 0 Å². The number of carboxylic acid groups (broad SMARTS) is 1. The number of carboxylic acids is 1. The van der Waals surface area contributed by atoms with Crippen LogP contribution >= 0.6 is 0 Å². The van der Waals surface area contributed by atoms with Crippen LogP contribution in [0.5, 0.6) is 11.5 Å². The summed E-state index contributed by atoms with van der Waals surface area (Å²) in [4.78, 5) is 11.7. The molecule has 0 unspecified atom stereocenters. The number of hydrogen-bond donors (Lipinski definition) is 3. The number of aromatic hydroxyl groups is 2. The van der Waals surface area contributed by atoms with Crippen LogP contribution in [0.4, 0.5) is 0 Å². The molecule has 110 valence electrons. The lowest BCUT2D eigenvalue weighted by Crippen LogP contribution is -2.19. The average molecular weight is 286 g/mol. The first-order chi connectivity index (χ1) is 10.0. The fourth-order valence-corrected chi connectivity index (χ4v) is 2.61. The molecule has 4 nitrogen and oxygen atoms in total. The van der Waals surface area contributed by atoms with Gasteiger partial charge in [-0.2, -0.15) is 0 Å². The lowest BCUT2D eigenvalue weighted by Gasteiger charge is -2.24. The monoisotopic (exact) mass is 286 g/mol. The van der Waals surface area contributed by atoms with E-state index in [1.165, 1.54) is 12.1 Å². The Hall–Kier alpha value is -2.49. The van der Waals surface area contributed by atoms with E-state index in [2.05, 4.69) is 0 Å². The van der Waals surface area contributed by atoms with E-state index >= 15 is 0 Å². The number of benzene rings is 2. The largest absolute Gasteiger partial charge is 0.508 e. The molecule has 0 saturated carbocycles. The average Bonchev–Trinajstić information content (AvgIpc) is 2.47. The highest BCUT2D eigenvalue weighted by molar-refractivity contribution is 5.77. The highest BCUT2D eigenvalue weighted by Gasteiger charge is 2.29. The molecule has 2 aromatic carbocycles. The maximum absolute atomic E-state index is 11.7. The second-order valence-electron chi connectivity index (χ2n) is 5.01. The quantitative estimate of drug-likeness (QED) is 0.786. The Bertz CT molecular complexity index is 602. The minimum atomic E-state index is -0.902. The van der Waals surface area contributed by atoms with Gasteiger partial charge in [0.05, 0.1) is 5.92 Å². The molecule has 21 heavy (non-hydrogen) atoms. The first kappa shape index (κ1) is 14.9. The van der Waals surface area contributed by atoms with Gasteiger partial charge in [0.1, 0.15) is 11.5 Å². The number of rotatable bonds is 5. The number of phenolic OH excluding ortho intramolecular Hbond substituents is 2. The summed E-state index contributed by atoms with van der Waals surface area (Å²) in [6.07, 6.45) is 0.655. The van der Waals surface area contributed by atoms with E-state index in [0.29, 0.717) is 12.0 Å². The van der Waals surface area contributed by atoms with Crippen molar-refractivity contribution in [3.8, 4) is 11.5 Å². The third-order valence-corrected chi connectivity index (χ3v) is 3.68. The third-order valence-electron chi connectivity index (χ3n) is 3.68. The molecule has 0 heterocycles. The molecular weight excluding hydrogens is 268 g/mol. The van der Waals surface area contributed by atoms with Gasteiger partial charge in [0.15, 0.2) is 0 Å². The van der Waals surface area contributed by atoms with E-state index in [1.807, 2.05) is 6.92 Å². The second-order valence-corrected chi connectivity index (χ2v) is 5.01. The molecule has 4 heteroatoms. The SMILES string of the molecule is CC[C@H](c1ccc(O)cc1)[C@@H](C(=O)O)c1ccc(O)cc1. The van der Waals surface area contributed by atoms with Crippen molar-refractivity contribution in [3.63, 3.8) is 0 Å². The minimum absolute atomic E-state index is 0.112. The van der Waals surface area contributed by atoms with Gasteiger partial charge in [0.25, 0.3) is 0 Å². The predicted octanol–water partition coefficient (Wildman–Crippen LogP) is 3.46. The van der Waals surface area contributed by atoms with Crippen molar-refractivity contribution in [2.24, 2.45) is 0 Å². The first-order valence-electron chi connectivity index (χ1n) is 6.83. The van der Waals surface area contributed by atoms with Gasteiger partial charge in [0, 0.05) is 5.92 Å². The molecule has 3 N–H and O–H groups in total. The summed E-state index contributed by atoms with van der Waals surface area (Å²) in [5.41, 5.74) is 1.52. The highest BCUT2D eigenvalue weighted by Crippen LogP contribution is 2.36. The molecule has 0 fully saturated rings. The first-order valence-corrected chi connectivity index (χ1v) is 6.83.